The molecule has 1 rings (SSSR count). The number of hydrogen-bond acceptors (Lipinski definition) is 2. The molecule has 0 spiro atoms. The molecule has 1 saturated heterocycles. The van der Waals surface area contributed by atoms with Gasteiger partial charge in [-0.15, -0.1) is 0 Å². The van der Waals surface area contributed by atoms with Crippen molar-refractivity contribution in [2.45, 2.75) is 0 Å². The highest BCUT2D eigenvalue weighted by molar-refractivity contribution is 4.49. The van der Waals surface area contributed by atoms with E-state index in [0.717, 1.165) is 26.3 Å². The first kappa shape index (κ1) is 2.99. The summed E-state index contributed by atoms with van der Waals surface area (Å²) in [6.45, 7) is 2.98. The minimum Gasteiger partial charge on any atom is -0.379 e. The first-order valence-electron chi connectivity index (χ1n) is 2.66. The van der Waals surface area contributed by atoms with E-state index >= 15 is 0 Å². The third kappa shape index (κ3) is 0.954. The van der Waals surface area contributed by atoms with Crippen molar-refractivity contribution in [3.8, 4) is 0 Å². The Labute approximate surface area is 39.0 Å². The van der Waals surface area contributed by atoms with E-state index in [-0.39, 0.29) is 0 Å². The molecule has 0 atom stereocenters. The van der Waals surface area contributed by atoms with Gasteiger partial charge < -0.3 is 10.0 Å². The van der Waals surface area contributed by atoms with Gasteiger partial charge in [0.05, 0.1) is 13.2 Å². The van der Waals surface area contributed by atoms with E-state index in [1.807, 2.05) is 0 Å². The van der Waals surface area contributed by atoms with Crippen molar-refractivity contribution < 1.29 is 6.15 Å². The van der Waals surface area contributed by atoms with Gasteiger partial charge in [-0.3, -0.25) is 0 Å². The number of hydrogen-bond donors (Lipinski definition) is 1. The maximum absolute atomic E-state index is 7.03. The van der Waals surface area contributed by atoms with Crippen LogP contribution in [0.2, 0.25) is 1.41 Å². The zero-order chi connectivity index (χ0) is 5.11. The molecule has 6 heavy (non-hydrogen) atoms. The summed E-state index contributed by atoms with van der Waals surface area (Å²) in [5.41, 5.74) is 0. The van der Waals surface area contributed by atoms with E-state index in [0.29, 0.717) is 0 Å². The smallest absolute Gasteiger partial charge is 0.122 e. The second-order valence-electron chi connectivity index (χ2n) is 1.28. The minimum absolute atomic E-state index is 0.726. The van der Waals surface area contributed by atoms with Gasteiger partial charge in [0.25, 0.3) is 0 Å². The summed E-state index contributed by atoms with van der Waals surface area (Å²) in [6, 6.07) is 0. The summed E-state index contributed by atoms with van der Waals surface area (Å²) >= 11 is 0. The lowest BCUT2D eigenvalue weighted by Crippen LogP contribution is -2.30. The summed E-state index contributed by atoms with van der Waals surface area (Å²) in [5, 5.41) is 1.52. The lowest BCUT2D eigenvalue weighted by atomic mass is 10.5. The lowest BCUT2D eigenvalue weighted by Gasteiger charge is -2.10. The van der Waals surface area contributed by atoms with Gasteiger partial charge in [0.1, 0.15) is 1.41 Å². The molecular weight excluding hydrogens is 78.0 g/mol. The second kappa shape index (κ2) is 2.16. The highest BCUT2D eigenvalue weighted by Gasteiger charge is 1.92. The van der Waals surface area contributed by atoms with E-state index in [9.17, 15) is 0 Å². The molecule has 1 heterocycles. The van der Waals surface area contributed by atoms with Crippen molar-refractivity contribution in [1.29, 1.82) is 0 Å². The lowest BCUT2D eigenvalue weighted by molar-refractivity contribution is 0.109. The molecule has 0 aromatic carbocycles. The van der Waals surface area contributed by atoms with Crippen LogP contribution in [0.1, 0.15) is 0 Å². The van der Waals surface area contributed by atoms with Gasteiger partial charge >= 0.3 is 0 Å². The minimum atomic E-state index is 0.726. The maximum Gasteiger partial charge on any atom is 0.122 e. The van der Waals surface area contributed by atoms with Crippen LogP contribution in [0, 0.1) is 0 Å². The maximum atomic E-state index is 7.03. The second-order valence-corrected chi connectivity index (χ2v) is 1.28. The molecule has 0 bridgehead atoms. The molecule has 36 valence electrons. The molecule has 0 aromatic heterocycles. The predicted molar refractivity (Wildman–Crippen MR) is 23.7 cm³/mol. The van der Waals surface area contributed by atoms with Crippen molar-refractivity contribution in [2.24, 2.45) is 0 Å². The van der Waals surface area contributed by atoms with Crippen LogP contribution in [0.25, 0.3) is 0 Å². The van der Waals surface area contributed by atoms with Crippen molar-refractivity contribution in [3.05, 3.63) is 0 Å². The van der Waals surface area contributed by atoms with E-state index in [4.69, 9.17) is 6.15 Å². The summed E-state index contributed by atoms with van der Waals surface area (Å²) in [5.74, 6) is 0. The van der Waals surface area contributed by atoms with Crippen LogP contribution in [0.5, 0.6) is 0 Å². The largest absolute Gasteiger partial charge is 0.379 e. The normalized spacial score (nSPS) is 29.7. The zero-order valence-corrected chi connectivity index (χ0v) is 3.68. The first-order valence-corrected chi connectivity index (χ1v) is 2.21. The fraction of sp³-hybridized carbons (Fsp3) is 1.00. The van der Waals surface area contributed by atoms with Crippen LogP contribution in [0.3, 0.4) is 0 Å². The van der Waals surface area contributed by atoms with Gasteiger partial charge in [-0.2, -0.15) is 0 Å². The average molecular weight is 89.1 g/mol. The number of ether oxygens (including phenoxy) is 1. The first-order chi connectivity index (χ1) is 3.39. The van der Waals surface area contributed by atoms with Gasteiger partial charge in [-0.05, 0) is 0 Å². The van der Waals surface area contributed by atoms with Gasteiger partial charge in [-0.25, -0.2) is 0 Å². The molecule has 1 fully saturated rings. The highest BCUT2D eigenvalue weighted by atomic mass is 16.5. The van der Waals surface area contributed by atoms with Crippen molar-refractivity contribution >= 4 is 0 Å². The monoisotopic (exact) mass is 89.1 g/mol. The van der Waals surface area contributed by atoms with E-state index in [1.165, 1.54) is 5.31 Å². The number of nitrogens with one attached hydrogen (secondary N) is 1. The van der Waals surface area contributed by atoms with Crippen LogP contribution in [-0.2, 0) is 4.74 Å². The average Bonchev–Trinajstić information content (AvgIpc) is 1.69. The van der Waals surface area contributed by atoms with Crippen LogP contribution >= 0.6 is 0 Å². The standard InChI is InChI=1S/C4H9NO/c1-3-6-4-2-5-1/h5H,1-4H2/i/hT. The Bertz CT molecular complexity index is 53.7. The molecule has 2 heteroatoms. The van der Waals surface area contributed by atoms with Crippen LogP contribution in [0.4, 0.5) is 0 Å². The van der Waals surface area contributed by atoms with Gasteiger partial charge in [0.2, 0.25) is 0 Å². The molecule has 0 saturated carbocycles. The van der Waals surface area contributed by atoms with Crippen molar-refractivity contribution in [1.82, 2.24) is 5.31 Å². The summed E-state index contributed by atoms with van der Waals surface area (Å²) in [7, 11) is 0. The van der Waals surface area contributed by atoms with Gasteiger partial charge in [0, 0.05) is 13.1 Å². The molecule has 0 amide bonds. The Morgan fingerprint density at radius 2 is 2.17 bits per heavy atom. The fourth-order valence-electron chi connectivity index (χ4n) is 0.472. The van der Waals surface area contributed by atoms with Crippen LogP contribution < -0.4 is 5.31 Å². The van der Waals surface area contributed by atoms with Gasteiger partial charge in [0.15, 0.2) is 0 Å². The Balaban J connectivity index is 2.12. The molecule has 1 aliphatic heterocycles. The number of rotatable bonds is 0. The molecule has 1 N–H and O–H groups in total. The molecular formula is C4H9NO. The van der Waals surface area contributed by atoms with Crippen LogP contribution in [0.15, 0.2) is 0 Å². The summed E-state index contributed by atoms with van der Waals surface area (Å²) in [6.07, 6.45) is 0. The summed E-state index contributed by atoms with van der Waals surface area (Å²) in [4.78, 5) is 0. The zero-order valence-electron chi connectivity index (χ0n) is 4.68. The molecule has 0 radical (unpaired) electrons. The van der Waals surface area contributed by atoms with E-state index < -0.39 is 0 Å². The Kier molecular flexibility index (Phi) is 1.08. The summed E-state index contributed by atoms with van der Waals surface area (Å²) < 4.78 is 12.0. The molecule has 2 nitrogen and oxygen atoms in total. The SMILES string of the molecule is [3H]N1CCOCC1. The highest BCUT2D eigenvalue weighted by Crippen LogP contribution is 1.76. The Morgan fingerprint density at radius 1 is 1.50 bits per heavy atom. The fourth-order valence-corrected chi connectivity index (χ4v) is 0.472. The van der Waals surface area contributed by atoms with E-state index in [2.05, 4.69) is 0 Å². The molecule has 0 aromatic rings. The van der Waals surface area contributed by atoms with E-state index in [1.54, 1.807) is 0 Å². The van der Waals surface area contributed by atoms with Crippen molar-refractivity contribution in [3.63, 3.8) is 0 Å². The van der Waals surface area contributed by atoms with Crippen molar-refractivity contribution in [2.75, 3.05) is 26.3 Å². The molecule has 0 unspecified atom stereocenters. The molecule has 0 aliphatic carbocycles. The quantitative estimate of drug-likeness (QED) is 0.436. The van der Waals surface area contributed by atoms with Gasteiger partial charge in [-0.1, -0.05) is 0 Å². The predicted octanol–water partition coefficient (Wildman–Crippen LogP) is -0.394. The van der Waals surface area contributed by atoms with Crippen LogP contribution in [-0.4, -0.2) is 26.3 Å². The Morgan fingerprint density at radius 3 is 2.50 bits per heavy atom. The topological polar surface area (TPSA) is 21.3 Å². The Hall–Kier alpha value is -0.0800. The third-order valence-electron chi connectivity index (χ3n) is 0.787. The number of morpholine rings is 1. The third-order valence-corrected chi connectivity index (χ3v) is 0.787. The molecule has 1 aliphatic rings.